The molecule has 0 bridgehead atoms. The Morgan fingerprint density at radius 2 is 1.78 bits per heavy atom. The van der Waals surface area contributed by atoms with E-state index < -0.39 is 44.9 Å². The van der Waals surface area contributed by atoms with Crippen molar-refractivity contribution in [3.63, 3.8) is 0 Å². The van der Waals surface area contributed by atoms with Crippen LogP contribution in [0.25, 0.3) is 6.08 Å². The minimum atomic E-state index is -4.75. The van der Waals surface area contributed by atoms with Crippen molar-refractivity contribution in [3.05, 3.63) is 58.1 Å². The number of carbonyl (C=O) groups excluding carboxylic acids is 2. The van der Waals surface area contributed by atoms with Crippen LogP contribution >= 0.6 is 11.6 Å². The molecule has 1 saturated heterocycles. The topological polar surface area (TPSA) is 102 Å². The lowest BCUT2D eigenvalue weighted by Gasteiger charge is -2.21. The fraction of sp³-hybridized carbons (Fsp3) is 0.200. The van der Waals surface area contributed by atoms with E-state index in [0.29, 0.717) is 6.07 Å². The second-order valence-electron chi connectivity index (χ2n) is 6.57. The number of methoxy groups -OCH3 is 2. The monoisotopic (exact) mass is 486 g/mol. The summed E-state index contributed by atoms with van der Waals surface area (Å²) in [6.07, 6.45) is 1.21. The van der Waals surface area contributed by atoms with E-state index >= 15 is 0 Å². The number of hydrogen-bond acceptors (Lipinski definition) is 6. The summed E-state index contributed by atoms with van der Waals surface area (Å²) < 4.78 is 64.6. The molecule has 1 heterocycles. The number of benzene rings is 2. The van der Waals surface area contributed by atoms with Crippen molar-refractivity contribution in [1.29, 1.82) is 0 Å². The van der Waals surface area contributed by atoms with E-state index in [1.165, 1.54) is 19.3 Å². The van der Waals surface area contributed by atoms with Crippen LogP contribution in [0.5, 0.6) is 11.5 Å². The van der Waals surface area contributed by atoms with Crippen LogP contribution in [0.3, 0.4) is 0 Å². The van der Waals surface area contributed by atoms with Crippen LogP contribution in [0.2, 0.25) is 5.02 Å². The zero-order valence-corrected chi connectivity index (χ0v) is 18.4. The van der Waals surface area contributed by atoms with Gasteiger partial charge in [0, 0.05) is 23.7 Å². The van der Waals surface area contributed by atoms with Gasteiger partial charge in [0.25, 0.3) is 15.9 Å². The summed E-state index contributed by atoms with van der Waals surface area (Å²) in [5.41, 5.74) is -0.0174. The van der Waals surface area contributed by atoms with Crippen molar-refractivity contribution in [2.75, 3.05) is 27.3 Å². The third-order valence-electron chi connectivity index (χ3n) is 4.56. The number of ether oxygens (including phenoxy) is 2. The van der Waals surface area contributed by atoms with Crippen LogP contribution in [0, 0.1) is 11.6 Å². The van der Waals surface area contributed by atoms with Gasteiger partial charge in [-0.25, -0.2) is 21.5 Å². The molecule has 1 fully saturated rings. The Balaban J connectivity index is 2.13. The quantitative estimate of drug-likeness (QED) is 0.651. The molecule has 2 amide bonds. The summed E-state index contributed by atoms with van der Waals surface area (Å²) in [5, 5.41) is 2.02. The average molecular weight is 487 g/mol. The van der Waals surface area contributed by atoms with Crippen LogP contribution in [-0.2, 0) is 19.6 Å². The van der Waals surface area contributed by atoms with Crippen molar-refractivity contribution < 1.29 is 36.3 Å². The summed E-state index contributed by atoms with van der Waals surface area (Å²) in [6.45, 7) is -1.18. The molecule has 32 heavy (non-hydrogen) atoms. The molecule has 0 unspecified atom stereocenters. The normalized spacial score (nSPS) is 16.0. The van der Waals surface area contributed by atoms with Gasteiger partial charge >= 0.3 is 0 Å². The Bertz CT molecular complexity index is 1230. The minimum absolute atomic E-state index is 0.152. The van der Waals surface area contributed by atoms with E-state index in [-0.39, 0.29) is 38.5 Å². The highest BCUT2D eigenvalue weighted by Crippen LogP contribution is 2.33. The predicted molar refractivity (Wildman–Crippen MR) is 111 cm³/mol. The molecule has 2 aromatic carbocycles. The van der Waals surface area contributed by atoms with E-state index in [2.05, 4.69) is 5.32 Å². The van der Waals surface area contributed by atoms with Crippen LogP contribution in [-0.4, -0.2) is 51.8 Å². The van der Waals surface area contributed by atoms with Gasteiger partial charge in [-0.2, -0.15) is 0 Å². The molecular weight excluding hydrogens is 470 g/mol. The molecule has 2 aromatic rings. The molecule has 0 radical (unpaired) electrons. The molecule has 0 saturated carbocycles. The van der Waals surface area contributed by atoms with Crippen molar-refractivity contribution in [1.82, 2.24) is 9.62 Å². The first-order valence-corrected chi connectivity index (χ1v) is 10.8. The number of nitrogens with one attached hydrogen (secondary N) is 1. The molecule has 3 rings (SSSR count). The third kappa shape index (κ3) is 4.53. The maximum atomic E-state index is 14.0. The summed E-state index contributed by atoms with van der Waals surface area (Å²) in [4.78, 5) is 24.6. The van der Waals surface area contributed by atoms with Crippen LogP contribution in [0.4, 0.5) is 8.78 Å². The van der Waals surface area contributed by atoms with E-state index in [0.717, 1.165) is 25.3 Å². The summed E-state index contributed by atoms with van der Waals surface area (Å²) in [5.74, 6) is -3.60. The lowest BCUT2D eigenvalue weighted by Crippen LogP contribution is -2.40. The van der Waals surface area contributed by atoms with Gasteiger partial charge in [-0.3, -0.25) is 9.59 Å². The highest BCUT2D eigenvalue weighted by molar-refractivity contribution is 7.89. The maximum Gasteiger partial charge on any atom is 0.271 e. The van der Waals surface area contributed by atoms with E-state index in [9.17, 15) is 26.8 Å². The van der Waals surface area contributed by atoms with Gasteiger partial charge in [-0.05, 0) is 30.3 Å². The van der Waals surface area contributed by atoms with Crippen molar-refractivity contribution in [2.24, 2.45) is 0 Å². The second kappa shape index (κ2) is 9.13. The molecule has 1 N–H and O–H groups in total. The Morgan fingerprint density at radius 1 is 1.09 bits per heavy atom. The number of nitrogens with zero attached hydrogens (tertiary/aromatic N) is 1. The molecule has 0 aromatic heterocycles. The van der Waals surface area contributed by atoms with Gasteiger partial charge in [-0.15, -0.1) is 0 Å². The van der Waals surface area contributed by atoms with Crippen LogP contribution in [0.1, 0.15) is 5.56 Å². The summed E-state index contributed by atoms with van der Waals surface area (Å²) >= 11 is 5.69. The van der Waals surface area contributed by atoms with Crippen molar-refractivity contribution >= 4 is 39.5 Å². The van der Waals surface area contributed by atoms with E-state index in [1.807, 2.05) is 0 Å². The Kier molecular flexibility index (Phi) is 6.70. The Labute approximate surface area is 187 Å². The number of hydrogen-bond donors (Lipinski definition) is 1. The first-order chi connectivity index (χ1) is 15.1. The zero-order valence-electron chi connectivity index (χ0n) is 16.8. The molecule has 8 nitrogen and oxygen atoms in total. The predicted octanol–water partition coefficient (Wildman–Crippen LogP) is 2.37. The third-order valence-corrected chi connectivity index (χ3v) is 6.60. The molecule has 170 valence electrons. The lowest BCUT2D eigenvalue weighted by atomic mass is 10.1. The maximum absolute atomic E-state index is 14.0. The smallest absolute Gasteiger partial charge is 0.271 e. The lowest BCUT2D eigenvalue weighted by molar-refractivity contribution is -0.127. The summed E-state index contributed by atoms with van der Waals surface area (Å²) in [7, 11) is -2.27. The fourth-order valence-electron chi connectivity index (χ4n) is 2.99. The second-order valence-corrected chi connectivity index (χ2v) is 8.80. The largest absolute Gasteiger partial charge is 0.496 e. The highest BCUT2D eigenvalue weighted by Gasteiger charge is 2.37. The number of carbonyl (C=O) groups is 2. The molecule has 0 spiro atoms. The first kappa shape index (κ1) is 23.5. The van der Waals surface area contributed by atoms with Crippen molar-refractivity contribution in [3.8, 4) is 11.5 Å². The molecule has 1 aliphatic heterocycles. The molecular formula is C20H17ClF2N2O6S. The SMILES string of the molecule is COc1ccc(F)cc1/C=C1\CNC(=O)CN(S(=O)(=O)c2cc(F)c(Cl)cc2OC)C1=O. The molecule has 1 aliphatic rings. The van der Waals surface area contributed by atoms with E-state index in [1.54, 1.807) is 0 Å². The Hall–Kier alpha value is -3.18. The standard InChI is InChI=1S/C20H17ClF2N2O6S/c1-30-16-4-3-13(22)6-11(16)5-12-9-24-19(26)10-25(20(12)27)32(28,29)18-8-15(23)14(21)7-17(18)31-2/h3-8H,9-10H2,1-2H3,(H,24,26)/b12-5+. The number of rotatable bonds is 5. The number of sulfonamides is 1. The summed E-state index contributed by atoms with van der Waals surface area (Å²) in [6, 6.07) is 5.11. The Morgan fingerprint density at radius 3 is 2.44 bits per heavy atom. The van der Waals surface area contributed by atoms with Gasteiger partial charge in [0.1, 0.15) is 34.6 Å². The van der Waals surface area contributed by atoms with Crippen LogP contribution in [0.15, 0.2) is 40.8 Å². The average Bonchev–Trinajstić information content (AvgIpc) is 2.89. The zero-order chi connectivity index (χ0) is 23.6. The van der Waals surface area contributed by atoms with Gasteiger partial charge in [-0.1, -0.05) is 11.6 Å². The van der Waals surface area contributed by atoms with Crippen molar-refractivity contribution in [2.45, 2.75) is 4.90 Å². The fourth-order valence-corrected chi connectivity index (χ4v) is 4.65. The highest BCUT2D eigenvalue weighted by atomic mass is 35.5. The van der Waals surface area contributed by atoms with Gasteiger partial charge in [0.2, 0.25) is 5.91 Å². The van der Waals surface area contributed by atoms with Crippen LogP contribution < -0.4 is 14.8 Å². The van der Waals surface area contributed by atoms with E-state index in [4.69, 9.17) is 21.1 Å². The van der Waals surface area contributed by atoms with Gasteiger partial charge in [0.05, 0.1) is 19.2 Å². The van der Waals surface area contributed by atoms with Gasteiger partial charge in [0.15, 0.2) is 0 Å². The minimum Gasteiger partial charge on any atom is -0.496 e. The molecule has 12 heteroatoms. The first-order valence-electron chi connectivity index (χ1n) is 8.99. The molecule has 0 aliphatic carbocycles. The number of amides is 2. The molecule has 0 atom stereocenters. The number of halogens is 3. The van der Waals surface area contributed by atoms with Gasteiger partial charge < -0.3 is 14.8 Å².